The lowest BCUT2D eigenvalue weighted by molar-refractivity contribution is -0.138. The number of esters is 1. The van der Waals surface area contributed by atoms with Crippen molar-refractivity contribution in [3.05, 3.63) is 73.3 Å². The van der Waals surface area contributed by atoms with Crippen molar-refractivity contribution < 1.29 is 19.4 Å². The molecule has 2 aromatic rings. The molecule has 0 spiro atoms. The van der Waals surface area contributed by atoms with Gasteiger partial charge in [-0.05, 0) is 24.3 Å². The number of carbonyl (C=O) groups excluding carboxylic acids is 1. The maximum absolute atomic E-state index is 10.1. The van der Waals surface area contributed by atoms with E-state index in [2.05, 4.69) is 11.3 Å². The molecule has 0 amide bonds. The van der Waals surface area contributed by atoms with Gasteiger partial charge in [-0.1, -0.05) is 43.0 Å². The number of para-hydroxylation sites is 2. The Morgan fingerprint density at radius 1 is 1.00 bits per heavy atom. The zero-order valence-corrected chi connectivity index (χ0v) is 11.6. The number of hydrogen-bond donors (Lipinski definition) is 1. The molecule has 0 aliphatic carbocycles. The van der Waals surface area contributed by atoms with Gasteiger partial charge in [0, 0.05) is 6.08 Å². The Labute approximate surface area is 124 Å². The van der Waals surface area contributed by atoms with E-state index in [0.29, 0.717) is 0 Å². The van der Waals surface area contributed by atoms with Crippen molar-refractivity contribution in [1.29, 1.82) is 0 Å². The molecule has 110 valence electrons. The molecule has 0 heterocycles. The maximum atomic E-state index is 10.1. The van der Waals surface area contributed by atoms with E-state index in [0.717, 1.165) is 17.6 Å². The van der Waals surface area contributed by atoms with Crippen molar-refractivity contribution in [1.82, 2.24) is 0 Å². The lowest BCUT2D eigenvalue weighted by atomic mass is 10.3. The topological polar surface area (TPSA) is 55.8 Å². The lowest BCUT2D eigenvalue weighted by Crippen LogP contribution is -2.04. The highest BCUT2D eigenvalue weighted by Gasteiger charge is 1.92. The van der Waals surface area contributed by atoms with Gasteiger partial charge in [-0.25, -0.2) is 4.79 Å². The summed E-state index contributed by atoms with van der Waals surface area (Å²) in [7, 11) is 0. The van der Waals surface area contributed by atoms with Crippen LogP contribution in [0.5, 0.6) is 11.5 Å². The van der Waals surface area contributed by atoms with E-state index in [1.807, 2.05) is 60.7 Å². The Morgan fingerprint density at radius 2 is 1.48 bits per heavy atom. The van der Waals surface area contributed by atoms with Gasteiger partial charge in [0.2, 0.25) is 0 Å². The average molecular weight is 286 g/mol. The predicted molar refractivity (Wildman–Crippen MR) is 81.2 cm³/mol. The Hall–Kier alpha value is -2.59. The van der Waals surface area contributed by atoms with E-state index >= 15 is 0 Å². The Bertz CT molecular complexity index is 486. The summed E-state index contributed by atoms with van der Waals surface area (Å²) in [5.41, 5.74) is 0. The van der Waals surface area contributed by atoms with E-state index < -0.39 is 5.97 Å². The predicted octanol–water partition coefficient (Wildman–Crippen LogP) is 3.19. The molecule has 0 aliphatic rings. The Kier molecular flexibility index (Phi) is 8.02. The van der Waals surface area contributed by atoms with Crippen LogP contribution < -0.4 is 4.74 Å². The van der Waals surface area contributed by atoms with Crippen LogP contribution in [0, 0.1) is 0 Å². The molecule has 0 fully saturated rings. The minimum atomic E-state index is -0.501. The van der Waals surface area contributed by atoms with Gasteiger partial charge < -0.3 is 14.6 Å². The van der Waals surface area contributed by atoms with Crippen LogP contribution in [0.3, 0.4) is 0 Å². The Balaban J connectivity index is 0.000000240. The zero-order chi connectivity index (χ0) is 15.3. The molecule has 2 rings (SSSR count). The molecule has 0 aliphatic heterocycles. The number of aliphatic hydroxyl groups excluding tert-OH is 1. The van der Waals surface area contributed by atoms with Gasteiger partial charge >= 0.3 is 5.97 Å². The molecule has 0 atom stereocenters. The number of carbonyl (C=O) groups is 1. The van der Waals surface area contributed by atoms with Gasteiger partial charge in [-0.15, -0.1) is 0 Å². The second-order valence-corrected chi connectivity index (χ2v) is 3.82. The van der Waals surface area contributed by atoms with E-state index in [1.165, 1.54) is 0 Å². The van der Waals surface area contributed by atoms with Crippen LogP contribution >= 0.6 is 0 Å². The van der Waals surface area contributed by atoms with Gasteiger partial charge in [0.05, 0.1) is 6.61 Å². The molecule has 4 nitrogen and oxygen atoms in total. The second-order valence-electron chi connectivity index (χ2n) is 3.82. The Morgan fingerprint density at radius 3 is 1.86 bits per heavy atom. The molecule has 0 saturated heterocycles. The molecule has 4 heteroatoms. The zero-order valence-electron chi connectivity index (χ0n) is 11.6. The first-order valence-corrected chi connectivity index (χ1v) is 6.44. The number of benzene rings is 2. The smallest absolute Gasteiger partial charge is 0.330 e. The molecule has 0 aromatic heterocycles. The number of aliphatic hydroxyl groups is 1. The van der Waals surface area contributed by atoms with Crippen LogP contribution in [-0.2, 0) is 9.53 Å². The third-order valence-corrected chi connectivity index (χ3v) is 2.22. The average Bonchev–Trinajstić information content (AvgIpc) is 2.55. The summed E-state index contributed by atoms with van der Waals surface area (Å²) in [5, 5.41) is 8.10. The number of rotatable bonds is 5. The van der Waals surface area contributed by atoms with Gasteiger partial charge in [0.1, 0.15) is 18.1 Å². The van der Waals surface area contributed by atoms with Crippen molar-refractivity contribution in [3.8, 4) is 11.5 Å². The number of hydrogen-bond acceptors (Lipinski definition) is 4. The maximum Gasteiger partial charge on any atom is 0.330 e. The first-order chi connectivity index (χ1) is 10.3. The molecule has 0 radical (unpaired) electrons. The van der Waals surface area contributed by atoms with Crippen molar-refractivity contribution in [3.63, 3.8) is 0 Å². The van der Waals surface area contributed by atoms with Crippen molar-refractivity contribution in [2.24, 2.45) is 0 Å². The summed E-state index contributed by atoms with van der Waals surface area (Å²) in [6.45, 7) is 3.06. The largest absolute Gasteiger partial charge is 0.460 e. The summed E-state index contributed by atoms with van der Waals surface area (Å²) >= 11 is 0. The normalized spacial score (nSPS) is 9.00. The van der Waals surface area contributed by atoms with E-state index in [1.54, 1.807) is 0 Å². The van der Waals surface area contributed by atoms with Crippen LogP contribution in [0.15, 0.2) is 73.3 Å². The van der Waals surface area contributed by atoms with Gasteiger partial charge in [0.15, 0.2) is 0 Å². The van der Waals surface area contributed by atoms with Crippen LogP contribution in [0.25, 0.3) is 0 Å². The van der Waals surface area contributed by atoms with Crippen molar-refractivity contribution in [2.45, 2.75) is 0 Å². The minimum absolute atomic E-state index is 0.0465. The van der Waals surface area contributed by atoms with E-state index in [9.17, 15) is 4.79 Å². The molecule has 2 aromatic carbocycles. The summed E-state index contributed by atoms with van der Waals surface area (Å²) in [6, 6.07) is 19.5. The fourth-order valence-corrected chi connectivity index (χ4v) is 1.32. The van der Waals surface area contributed by atoms with Crippen LogP contribution in [0.4, 0.5) is 0 Å². The minimum Gasteiger partial charge on any atom is -0.460 e. The third-order valence-electron chi connectivity index (χ3n) is 2.22. The quantitative estimate of drug-likeness (QED) is 0.677. The third kappa shape index (κ3) is 7.54. The van der Waals surface area contributed by atoms with Crippen molar-refractivity contribution >= 4 is 5.97 Å². The van der Waals surface area contributed by atoms with E-state index in [4.69, 9.17) is 9.84 Å². The molecule has 0 unspecified atom stereocenters. The SMILES string of the molecule is C=CC(=O)OCCO.c1ccc(Oc2ccccc2)cc1. The summed E-state index contributed by atoms with van der Waals surface area (Å²) in [5.74, 6) is 1.24. The number of ether oxygens (including phenoxy) is 2. The molecular weight excluding hydrogens is 268 g/mol. The van der Waals surface area contributed by atoms with Crippen molar-refractivity contribution in [2.75, 3.05) is 13.2 Å². The summed E-state index contributed by atoms with van der Waals surface area (Å²) < 4.78 is 9.91. The molecule has 0 bridgehead atoms. The van der Waals surface area contributed by atoms with E-state index in [-0.39, 0.29) is 13.2 Å². The monoisotopic (exact) mass is 286 g/mol. The van der Waals surface area contributed by atoms with Crippen LogP contribution in [-0.4, -0.2) is 24.3 Å². The fraction of sp³-hybridized carbons (Fsp3) is 0.118. The lowest BCUT2D eigenvalue weighted by Gasteiger charge is -2.03. The fourth-order valence-electron chi connectivity index (χ4n) is 1.32. The van der Waals surface area contributed by atoms with Crippen LogP contribution in [0.2, 0.25) is 0 Å². The highest BCUT2D eigenvalue weighted by molar-refractivity contribution is 5.81. The summed E-state index contributed by atoms with van der Waals surface area (Å²) in [4.78, 5) is 10.1. The standard InChI is InChI=1S/C12H10O.C5H8O3/c1-3-7-11(8-4-1)13-12-9-5-2-6-10-12;1-2-5(7)8-4-3-6/h1-10H;2,6H,1,3-4H2. The van der Waals surface area contributed by atoms with Gasteiger partial charge in [0.25, 0.3) is 0 Å². The van der Waals surface area contributed by atoms with Gasteiger partial charge in [-0.3, -0.25) is 0 Å². The molecule has 21 heavy (non-hydrogen) atoms. The highest BCUT2D eigenvalue weighted by atomic mass is 16.5. The molecule has 0 saturated carbocycles. The first kappa shape index (κ1) is 16.5. The van der Waals surface area contributed by atoms with Gasteiger partial charge in [-0.2, -0.15) is 0 Å². The molecular formula is C17H18O4. The first-order valence-electron chi connectivity index (χ1n) is 6.44. The summed E-state index contributed by atoms with van der Waals surface area (Å²) in [6.07, 6.45) is 1.05. The van der Waals surface area contributed by atoms with Crippen LogP contribution in [0.1, 0.15) is 0 Å². The molecule has 1 N–H and O–H groups in total. The second kappa shape index (κ2) is 10.2. The highest BCUT2D eigenvalue weighted by Crippen LogP contribution is 2.19.